The normalized spacial score (nSPS) is 7.73. The van der Waals surface area contributed by atoms with Crippen LogP contribution in [0.4, 0.5) is 4.79 Å². The predicted molar refractivity (Wildman–Crippen MR) is 42.0 cm³/mol. The monoisotopic (exact) mass is 162 g/mol. The lowest BCUT2D eigenvalue weighted by atomic mass is 10.5. The van der Waals surface area contributed by atoms with Crippen molar-refractivity contribution in [1.29, 1.82) is 0 Å². The van der Waals surface area contributed by atoms with Crippen molar-refractivity contribution < 1.29 is 19.7 Å². The summed E-state index contributed by atoms with van der Waals surface area (Å²) in [7, 11) is 0. The highest BCUT2D eigenvalue weighted by Gasteiger charge is 1.74. The van der Waals surface area contributed by atoms with Crippen LogP contribution in [0, 0.1) is 0 Å². The van der Waals surface area contributed by atoms with E-state index in [1.54, 1.807) is 6.08 Å². The Labute approximate surface area is 66.1 Å². The van der Waals surface area contributed by atoms with Crippen molar-refractivity contribution in [2.24, 2.45) is 0 Å². The van der Waals surface area contributed by atoms with E-state index in [-0.39, 0.29) is 0 Å². The standard InChI is InChI=1S/C6H12O.CH2O3/c1-3-5-7-6-4-2;2-1(3)4/h3H,1,4-6H2,2H3;(H2,2,3,4). The van der Waals surface area contributed by atoms with Crippen molar-refractivity contribution in [2.75, 3.05) is 13.2 Å². The van der Waals surface area contributed by atoms with Gasteiger partial charge in [-0.15, -0.1) is 6.58 Å². The Morgan fingerprint density at radius 1 is 1.64 bits per heavy atom. The molecule has 0 aliphatic heterocycles. The number of hydrogen-bond donors (Lipinski definition) is 2. The maximum atomic E-state index is 8.56. The summed E-state index contributed by atoms with van der Waals surface area (Å²) < 4.78 is 5.01. The van der Waals surface area contributed by atoms with Gasteiger partial charge >= 0.3 is 6.16 Å². The van der Waals surface area contributed by atoms with Gasteiger partial charge in [-0.3, -0.25) is 0 Å². The van der Waals surface area contributed by atoms with E-state index in [9.17, 15) is 0 Å². The summed E-state index contributed by atoms with van der Waals surface area (Å²) in [6.07, 6.45) is 1.02. The average Bonchev–Trinajstić information content (AvgIpc) is 1.88. The van der Waals surface area contributed by atoms with Crippen LogP contribution in [0.25, 0.3) is 0 Å². The van der Waals surface area contributed by atoms with E-state index in [1.165, 1.54) is 0 Å². The van der Waals surface area contributed by atoms with Gasteiger partial charge < -0.3 is 14.9 Å². The summed E-state index contributed by atoms with van der Waals surface area (Å²) in [6, 6.07) is 0. The van der Waals surface area contributed by atoms with Crippen LogP contribution in [0.3, 0.4) is 0 Å². The highest BCUT2D eigenvalue weighted by molar-refractivity contribution is 5.53. The summed E-state index contributed by atoms with van der Waals surface area (Å²) >= 11 is 0. The lowest BCUT2D eigenvalue weighted by Gasteiger charge is -1.92. The lowest BCUT2D eigenvalue weighted by molar-refractivity contribution is 0.137. The van der Waals surface area contributed by atoms with Crippen molar-refractivity contribution in [1.82, 2.24) is 0 Å². The van der Waals surface area contributed by atoms with Gasteiger partial charge in [0.1, 0.15) is 0 Å². The van der Waals surface area contributed by atoms with E-state index in [0.717, 1.165) is 13.0 Å². The van der Waals surface area contributed by atoms with Crippen molar-refractivity contribution in [3.05, 3.63) is 12.7 Å². The topological polar surface area (TPSA) is 66.8 Å². The van der Waals surface area contributed by atoms with Gasteiger partial charge in [-0.25, -0.2) is 4.79 Å². The smallest absolute Gasteiger partial charge is 0.450 e. The molecule has 0 spiro atoms. The minimum absolute atomic E-state index is 0.688. The Kier molecular flexibility index (Phi) is 13.5. The van der Waals surface area contributed by atoms with Gasteiger partial charge in [-0.1, -0.05) is 13.0 Å². The summed E-state index contributed by atoms with van der Waals surface area (Å²) in [5.74, 6) is 0. The largest absolute Gasteiger partial charge is 0.503 e. The lowest BCUT2D eigenvalue weighted by Crippen LogP contribution is -1.90. The van der Waals surface area contributed by atoms with E-state index in [1.807, 2.05) is 0 Å². The van der Waals surface area contributed by atoms with Gasteiger partial charge in [-0.05, 0) is 6.42 Å². The Morgan fingerprint density at radius 2 is 2.09 bits per heavy atom. The molecule has 2 N–H and O–H groups in total. The van der Waals surface area contributed by atoms with E-state index >= 15 is 0 Å². The molecular weight excluding hydrogens is 148 g/mol. The highest BCUT2D eigenvalue weighted by Crippen LogP contribution is 1.77. The molecule has 11 heavy (non-hydrogen) atoms. The van der Waals surface area contributed by atoms with Gasteiger partial charge in [0.25, 0.3) is 0 Å². The second-order valence-corrected chi connectivity index (χ2v) is 1.65. The Balaban J connectivity index is 0. The maximum absolute atomic E-state index is 8.56. The molecule has 0 atom stereocenters. The van der Waals surface area contributed by atoms with Gasteiger partial charge in [-0.2, -0.15) is 0 Å². The molecule has 0 fully saturated rings. The molecule has 66 valence electrons. The van der Waals surface area contributed by atoms with Crippen molar-refractivity contribution in [3.63, 3.8) is 0 Å². The molecule has 0 aromatic rings. The van der Waals surface area contributed by atoms with Gasteiger partial charge in [0.05, 0.1) is 6.61 Å². The molecule has 0 heterocycles. The molecule has 0 unspecified atom stereocenters. The first-order valence-electron chi connectivity index (χ1n) is 3.25. The zero-order valence-electron chi connectivity index (χ0n) is 6.62. The van der Waals surface area contributed by atoms with Crippen LogP contribution in [0.5, 0.6) is 0 Å². The zero-order valence-corrected chi connectivity index (χ0v) is 6.62. The van der Waals surface area contributed by atoms with E-state index in [4.69, 9.17) is 19.7 Å². The van der Waals surface area contributed by atoms with Crippen LogP contribution in [0.15, 0.2) is 12.7 Å². The molecule has 0 rings (SSSR count). The SMILES string of the molecule is C=CCOCCC.O=C(O)O. The second-order valence-electron chi connectivity index (χ2n) is 1.65. The summed E-state index contributed by atoms with van der Waals surface area (Å²) in [6.45, 7) is 7.14. The molecule has 4 nitrogen and oxygen atoms in total. The molecular formula is C7H14O4. The van der Waals surface area contributed by atoms with Crippen LogP contribution in [-0.4, -0.2) is 29.6 Å². The van der Waals surface area contributed by atoms with E-state index in [2.05, 4.69) is 13.5 Å². The first-order valence-corrected chi connectivity index (χ1v) is 3.25. The first-order chi connectivity index (χ1) is 5.15. The van der Waals surface area contributed by atoms with Crippen LogP contribution in [0.1, 0.15) is 13.3 Å². The van der Waals surface area contributed by atoms with Crippen LogP contribution < -0.4 is 0 Å². The molecule has 0 amide bonds. The van der Waals surface area contributed by atoms with Crippen molar-refractivity contribution >= 4 is 6.16 Å². The summed E-state index contributed by atoms with van der Waals surface area (Å²) in [4.78, 5) is 8.56. The molecule has 4 heteroatoms. The molecule has 0 bridgehead atoms. The quantitative estimate of drug-likeness (QED) is 0.488. The Morgan fingerprint density at radius 3 is 2.36 bits per heavy atom. The minimum Gasteiger partial charge on any atom is -0.450 e. The third kappa shape index (κ3) is 49.4. The average molecular weight is 162 g/mol. The molecule has 0 aliphatic rings. The molecule has 0 aromatic heterocycles. The van der Waals surface area contributed by atoms with Gasteiger partial charge in [0.2, 0.25) is 0 Å². The van der Waals surface area contributed by atoms with Crippen LogP contribution in [0.2, 0.25) is 0 Å². The molecule has 0 saturated heterocycles. The fourth-order valence-corrected chi connectivity index (χ4v) is 0.311. The maximum Gasteiger partial charge on any atom is 0.503 e. The van der Waals surface area contributed by atoms with Crippen molar-refractivity contribution in [3.8, 4) is 0 Å². The molecule has 0 aromatic carbocycles. The Bertz CT molecular complexity index is 96.6. The third-order valence-corrected chi connectivity index (χ3v) is 0.584. The fourth-order valence-electron chi connectivity index (χ4n) is 0.311. The van der Waals surface area contributed by atoms with Crippen LogP contribution >= 0.6 is 0 Å². The molecule has 0 aliphatic carbocycles. The number of carbonyl (C=O) groups is 1. The number of carboxylic acid groups (broad SMARTS) is 2. The number of rotatable bonds is 4. The third-order valence-electron chi connectivity index (χ3n) is 0.584. The fraction of sp³-hybridized carbons (Fsp3) is 0.571. The highest BCUT2D eigenvalue weighted by atomic mass is 16.6. The van der Waals surface area contributed by atoms with E-state index < -0.39 is 6.16 Å². The summed E-state index contributed by atoms with van der Waals surface area (Å²) in [5, 5.41) is 13.9. The molecule has 0 radical (unpaired) electrons. The van der Waals surface area contributed by atoms with Crippen molar-refractivity contribution in [2.45, 2.75) is 13.3 Å². The zero-order chi connectivity index (χ0) is 9.11. The second kappa shape index (κ2) is 11.7. The van der Waals surface area contributed by atoms with Gasteiger partial charge in [0.15, 0.2) is 0 Å². The Hall–Kier alpha value is -1.03. The minimum atomic E-state index is -1.83. The summed E-state index contributed by atoms with van der Waals surface area (Å²) in [5.41, 5.74) is 0. The molecule has 0 saturated carbocycles. The number of ether oxygens (including phenoxy) is 1. The predicted octanol–water partition coefficient (Wildman–Crippen LogP) is 1.82. The van der Waals surface area contributed by atoms with E-state index in [0.29, 0.717) is 6.61 Å². The first kappa shape index (κ1) is 12.6. The van der Waals surface area contributed by atoms with Gasteiger partial charge in [0, 0.05) is 6.61 Å². The number of hydrogen-bond acceptors (Lipinski definition) is 2. The van der Waals surface area contributed by atoms with Crippen LogP contribution in [-0.2, 0) is 4.74 Å².